The van der Waals surface area contributed by atoms with Crippen LogP contribution >= 0.6 is 11.3 Å². The van der Waals surface area contributed by atoms with Crippen molar-refractivity contribution in [3.8, 4) is 10.6 Å². The van der Waals surface area contributed by atoms with Crippen LogP contribution in [0.15, 0.2) is 29.9 Å². The molecule has 3 nitrogen and oxygen atoms in total. The van der Waals surface area contributed by atoms with Gasteiger partial charge < -0.3 is 5.73 Å². The minimum Gasteiger partial charge on any atom is -0.384 e. The van der Waals surface area contributed by atoms with Crippen LogP contribution in [0.3, 0.4) is 0 Å². The van der Waals surface area contributed by atoms with Crippen molar-refractivity contribution in [2.45, 2.75) is 0 Å². The van der Waals surface area contributed by atoms with E-state index in [1.807, 2.05) is 11.4 Å². The highest BCUT2D eigenvalue weighted by atomic mass is 32.1. The Balaban J connectivity index is 2.43. The van der Waals surface area contributed by atoms with Crippen molar-refractivity contribution in [2.75, 3.05) is 5.73 Å². The first kappa shape index (κ1) is 7.24. The molecule has 60 valence electrons. The number of aromatic nitrogens is 2. The Labute approximate surface area is 73.9 Å². The summed E-state index contributed by atoms with van der Waals surface area (Å²) in [5, 5.41) is 2.91. The molecule has 2 rings (SSSR count). The normalized spacial score (nSPS) is 10.0. The zero-order chi connectivity index (χ0) is 8.39. The number of nitrogens with two attached hydrogens (primary N) is 1. The van der Waals surface area contributed by atoms with Gasteiger partial charge >= 0.3 is 0 Å². The molecule has 0 fully saturated rings. The Bertz CT molecular complexity index is 352. The van der Waals surface area contributed by atoms with Crippen molar-refractivity contribution in [1.82, 2.24) is 9.97 Å². The maximum absolute atomic E-state index is 5.45. The predicted molar refractivity (Wildman–Crippen MR) is 49.8 cm³/mol. The van der Waals surface area contributed by atoms with Crippen LogP contribution in [0.4, 0.5) is 5.82 Å². The maximum atomic E-state index is 5.45. The van der Waals surface area contributed by atoms with Gasteiger partial charge in [-0.05, 0) is 12.1 Å². The second-order valence-corrected chi connectivity index (χ2v) is 3.20. The van der Waals surface area contributed by atoms with Crippen LogP contribution in [0.2, 0.25) is 0 Å². The minimum absolute atomic E-state index is 0.537. The third-order valence-electron chi connectivity index (χ3n) is 1.47. The Morgan fingerprint density at radius 1 is 1.25 bits per heavy atom. The Kier molecular flexibility index (Phi) is 1.75. The summed E-state index contributed by atoms with van der Waals surface area (Å²) in [4.78, 5) is 8.13. The molecule has 0 saturated heterocycles. The Hall–Kier alpha value is -1.42. The number of hydrogen-bond acceptors (Lipinski definition) is 4. The maximum Gasteiger partial charge on any atom is 0.124 e. The van der Waals surface area contributed by atoms with E-state index in [1.54, 1.807) is 29.8 Å². The molecule has 0 radical (unpaired) electrons. The van der Waals surface area contributed by atoms with E-state index >= 15 is 0 Å². The number of thiazole rings is 1. The number of pyridine rings is 1. The molecule has 2 heterocycles. The molecule has 2 aromatic rings. The summed E-state index contributed by atoms with van der Waals surface area (Å²) < 4.78 is 0. The summed E-state index contributed by atoms with van der Waals surface area (Å²) in [6.07, 6.45) is 3.50. The van der Waals surface area contributed by atoms with Crippen LogP contribution in [0, 0.1) is 0 Å². The lowest BCUT2D eigenvalue weighted by atomic mass is 10.3. The SMILES string of the molecule is Nc1ccc(-c2nccs2)cn1. The molecule has 0 aliphatic carbocycles. The molecule has 2 aromatic heterocycles. The van der Waals surface area contributed by atoms with Gasteiger partial charge in [0.1, 0.15) is 10.8 Å². The molecule has 0 saturated carbocycles. The van der Waals surface area contributed by atoms with Crippen LogP contribution in [0.1, 0.15) is 0 Å². The molecule has 0 bridgehead atoms. The standard InChI is InChI=1S/C8H7N3S/c9-7-2-1-6(5-11-7)8-10-3-4-12-8/h1-5H,(H2,9,11). The van der Waals surface area contributed by atoms with Gasteiger partial charge in [-0.3, -0.25) is 0 Å². The van der Waals surface area contributed by atoms with Gasteiger partial charge in [-0.2, -0.15) is 0 Å². The van der Waals surface area contributed by atoms with E-state index in [0.29, 0.717) is 5.82 Å². The third-order valence-corrected chi connectivity index (χ3v) is 2.29. The van der Waals surface area contributed by atoms with Gasteiger partial charge in [-0.25, -0.2) is 9.97 Å². The summed E-state index contributed by atoms with van der Waals surface area (Å²) in [6, 6.07) is 3.69. The Morgan fingerprint density at radius 3 is 2.75 bits per heavy atom. The molecule has 0 amide bonds. The first-order valence-electron chi connectivity index (χ1n) is 3.47. The summed E-state index contributed by atoms with van der Waals surface area (Å²) >= 11 is 1.59. The smallest absolute Gasteiger partial charge is 0.124 e. The monoisotopic (exact) mass is 177 g/mol. The molecule has 0 aliphatic heterocycles. The van der Waals surface area contributed by atoms with Crippen LogP contribution in [-0.2, 0) is 0 Å². The number of rotatable bonds is 1. The second kappa shape index (κ2) is 2.91. The summed E-state index contributed by atoms with van der Waals surface area (Å²) in [6.45, 7) is 0. The molecular formula is C8H7N3S. The fourth-order valence-electron chi connectivity index (χ4n) is 0.898. The lowest BCUT2D eigenvalue weighted by Gasteiger charge is -1.94. The van der Waals surface area contributed by atoms with Gasteiger partial charge in [0.25, 0.3) is 0 Å². The molecular weight excluding hydrogens is 170 g/mol. The molecule has 0 atom stereocenters. The average molecular weight is 177 g/mol. The predicted octanol–water partition coefficient (Wildman–Crippen LogP) is 1.79. The summed E-state index contributed by atoms with van der Waals surface area (Å²) in [5.41, 5.74) is 6.47. The molecule has 12 heavy (non-hydrogen) atoms. The van der Waals surface area contributed by atoms with Crippen LogP contribution in [0.25, 0.3) is 10.6 Å². The lowest BCUT2D eigenvalue weighted by Crippen LogP contribution is -1.88. The molecule has 2 N–H and O–H groups in total. The van der Waals surface area contributed by atoms with E-state index in [4.69, 9.17) is 5.73 Å². The third kappa shape index (κ3) is 1.29. The van der Waals surface area contributed by atoms with Crippen LogP contribution in [0.5, 0.6) is 0 Å². The number of anilines is 1. The average Bonchev–Trinajstić information content (AvgIpc) is 2.58. The van der Waals surface area contributed by atoms with Crippen LogP contribution < -0.4 is 5.73 Å². The number of nitrogen functional groups attached to an aromatic ring is 1. The van der Waals surface area contributed by atoms with Gasteiger partial charge in [0.15, 0.2) is 0 Å². The van der Waals surface area contributed by atoms with Gasteiger partial charge in [0, 0.05) is 23.3 Å². The van der Waals surface area contributed by atoms with E-state index in [2.05, 4.69) is 9.97 Å². The zero-order valence-electron chi connectivity index (χ0n) is 6.27. The summed E-state index contributed by atoms with van der Waals surface area (Å²) in [7, 11) is 0. The molecule has 0 spiro atoms. The molecule has 0 aromatic carbocycles. The fraction of sp³-hybridized carbons (Fsp3) is 0. The van der Waals surface area contributed by atoms with E-state index in [9.17, 15) is 0 Å². The first-order valence-corrected chi connectivity index (χ1v) is 4.35. The highest BCUT2D eigenvalue weighted by Crippen LogP contribution is 2.20. The first-order chi connectivity index (χ1) is 5.86. The number of hydrogen-bond donors (Lipinski definition) is 1. The Morgan fingerprint density at radius 2 is 2.17 bits per heavy atom. The molecule has 0 unspecified atom stereocenters. The second-order valence-electron chi connectivity index (χ2n) is 2.31. The van der Waals surface area contributed by atoms with Crippen LogP contribution in [-0.4, -0.2) is 9.97 Å². The van der Waals surface area contributed by atoms with E-state index in [0.717, 1.165) is 10.6 Å². The van der Waals surface area contributed by atoms with Crippen molar-refractivity contribution >= 4 is 17.2 Å². The zero-order valence-corrected chi connectivity index (χ0v) is 7.08. The highest BCUT2D eigenvalue weighted by Gasteiger charge is 1.98. The topological polar surface area (TPSA) is 51.8 Å². The highest BCUT2D eigenvalue weighted by molar-refractivity contribution is 7.13. The van der Waals surface area contributed by atoms with Crippen molar-refractivity contribution in [1.29, 1.82) is 0 Å². The van der Waals surface area contributed by atoms with E-state index in [1.165, 1.54) is 0 Å². The fourth-order valence-corrected chi connectivity index (χ4v) is 1.53. The van der Waals surface area contributed by atoms with Crippen molar-refractivity contribution in [3.05, 3.63) is 29.9 Å². The van der Waals surface area contributed by atoms with Crippen molar-refractivity contribution in [3.63, 3.8) is 0 Å². The van der Waals surface area contributed by atoms with Crippen molar-refractivity contribution < 1.29 is 0 Å². The van der Waals surface area contributed by atoms with E-state index < -0.39 is 0 Å². The van der Waals surface area contributed by atoms with Crippen molar-refractivity contribution in [2.24, 2.45) is 0 Å². The molecule has 4 heteroatoms. The van der Waals surface area contributed by atoms with Gasteiger partial charge in [-0.15, -0.1) is 11.3 Å². The largest absolute Gasteiger partial charge is 0.384 e. The van der Waals surface area contributed by atoms with Gasteiger partial charge in [0.05, 0.1) is 0 Å². The number of nitrogens with zero attached hydrogens (tertiary/aromatic N) is 2. The van der Waals surface area contributed by atoms with E-state index in [-0.39, 0.29) is 0 Å². The minimum atomic E-state index is 0.537. The van der Waals surface area contributed by atoms with Gasteiger partial charge in [-0.1, -0.05) is 0 Å². The lowest BCUT2D eigenvalue weighted by molar-refractivity contribution is 1.32. The van der Waals surface area contributed by atoms with Gasteiger partial charge in [0.2, 0.25) is 0 Å². The summed E-state index contributed by atoms with van der Waals surface area (Å²) in [5.74, 6) is 0.537. The quantitative estimate of drug-likeness (QED) is 0.722. The molecule has 0 aliphatic rings.